The fourth-order valence-corrected chi connectivity index (χ4v) is 1.83. The lowest BCUT2D eigenvalue weighted by Crippen LogP contribution is -2.10. The number of anilines is 1. The molecule has 1 aromatic carbocycles. The highest BCUT2D eigenvalue weighted by Crippen LogP contribution is 2.29. The van der Waals surface area contributed by atoms with E-state index in [-0.39, 0.29) is 6.54 Å². The van der Waals surface area contributed by atoms with Gasteiger partial charge in [0.1, 0.15) is 0 Å². The molecule has 1 N–H and O–H groups in total. The van der Waals surface area contributed by atoms with Gasteiger partial charge in [-0.2, -0.15) is 5.10 Å². The predicted octanol–water partition coefficient (Wildman–Crippen LogP) is 2.70. The van der Waals surface area contributed by atoms with Crippen molar-refractivity contribution in [3.63, 3.8) is 0 Å². The van der Waals surface area contributed by atoms with Gasteiger partial charge in [-0.1, -0.05) is 0 Å². The molecule has 0 aliphatic rings. The monoisotopic (exact) mass is 282 g/mol. The number of nitro groups is 1. The number of rotatable bonds is 5. The van der Waals surface area contributed by atoms with E-state index in [1.165, 1.54) is 0 Å². The van der Waals surface area contributed by atoms with E-state index >= 15 is 0 Å². The van der Waals surface area contributed by atoms with Crippen LogP contribution in [0.2, 0.25) is 0 Å². The lowest BCUT2D eigenvalue weighted by molar-refractivity contribution is -0.384. The lowest BCUT2D eigenvalue weighted by atomic mass is 10.2. The highest BCUT2D eigenvalue weighted by atomic mass is 19.2. The predicted molar refractivity (Wildman–Crippen MR) is 68.2 cm³/mol. The standard InChI is InChI=1S/C12H12F2N4O2/c1-2-17-8(5-6-16-17)7-15-12-10(18(19)20)4-3-9(13)11(12)14/h3-6,15H,2,7H2,1H3. The molecule has 1 aromatic heterocycles. The molecule has 6 nitrogen and oxygen atoms in total. The summed E-state index contributed by atoms with van der Waals surface area (Å²) in [6.07, 6.45) is 1.57. The Morgan fingerprint density at radius 1 is 1.40 bits per heavy atom. The van der Waals surface area contributed by atoms with Crippen LogP contribution in [0.1, 0.15) is 12.6 Å². The Balaban J connectivity index is 2.29. The van der Waals surface area contributed by atoms with Crippen LogP contribution in [0.3, 0.4) is 0 Å². The van der Waals surface area contributed by atoms with Gasteiger partial charge in [0.15, 0.2) is 17.3 Å². The maximum absolute atomic E-state index is 13.7. The summed E-state index contributed by atoms with van der Waals surface area (Å²) < 4.78 is 28.5. The van der Waals surface area contributed by atoms with Gasteiger partial charge in [-0.3, -0.25) is 14.8 Å². The average molecular weight is 282 g/mol. The second kappa shape index (κ2) is 5.64. The van der Waals surface area contributed by atoms with Crippen LogP contribution in [0.25, 0.3) is 0 Å². The minimum Gasteiger partial charge on any atom is -0.371 e. The van der Waals surface area contributed by atoms with E-state index in [4.69, 9.17) is 0 Å². The second-order valence-corrected chi connectivity index (χ2v) is 4.00. The fraction of sp³-hybridized carbons (Fsp3) is 0.250. The quantitative estimate of drug-likeness (QED) is 0.676. The summed E-state index contributed by atoms with van der Waals surface area (Å²) >= 11 is 0. The van der Waals surface area contributed by atoms with Crippen LogP contribution in [0.4, 0.5) is 20.2 Å². The van der Waals surface area contributed by atoms with E-state index in [1.807, 2.05) is 6.92 Å². The lowest BCUT2D eigenvalue weighted by Gasteiger charge is -2.09. The van der Waals surface area contributed by atoms with E-state index in [0.717, 1.165) is 12.1 Å². The van der Waals surface area contributed by atoms with Crippen molar-refractivity contribution in [2.45, 2.75) is 20.0 Å². The Bertz CT molecular complexity index is 642. The molecule has 106 valence electrons. The van der Waals surface area contributed by atoms with Crippen molar-refractivity contribution in [3.8, 4) is 0 Å². The summed E-state index contributed by atoms with van der Waals surface area (Å²) in [5.74, 6) is -2.40. The van der Waals surface area contributed by atoms with Crippen molar-refractivity contribution in [1.82, 2.24) is 9.78 Å². The van der Waals surface area contributed by atoms with Crippen molar-refractivity contribution >= 4 is 11.4 Å². The number of nitro benzene ring substituents is 1. The van der Waals surface area contributed by atoms with Crippen molar-refractivity contribution in [2.75, 3.05) is 5.32 Å². The van der Waals surface area contributed by atoms with Crippen molar-refractivity contribution in [3.05, 3.63) is 51.8 Å². The van der Waals surface area contributed by atoms with Crippen LogP contribution in [0.15, 0.2) is 24.4 Å². The van der Waals surface area contributed by atoms with Gasteiger partial charge in [0.05, 0.1) is 17.2 Å². The molecule has 0 amide bonds. The van der Waals surface area contributed by atoms with E-state index in [1.54, 1.807) is 16.9 Å². The largest absolute Gasteiger partial charge is 0.371 e. The Kier molecular flexibility index (Phi) is 3.92. The molecule has 0 unspecified atom stereocenters. The summed E-state index contributed by atoms with van der Waals surface area (Å²) in [6, 6.07) is 3.35. The normalized spacial score (nSPS) is 10.6. The third kappa shape index (κ3) is 2.58. The van der Waals surface area contributed by atoms with Crippen LogP contribution >= 0.6 is 0 Å². The molecule has 0 saturated carbocycles. The minimum absolute atomic E-state index is 0.106. The average Bonchev–Trinajstić information content (AvgIpc) is 2.87. The first kappa shape index (κ1) is 13.9. The number of nitrogens with zero attached hydrogens (tertiary/aromatic N) is 3. The number of hydrogen-bond donors (Lipinski definition) is 1. The summed E-state index contributed by atoms with van der Waals surface area (Å²) in [5.41, 5.74) is -0.254. The van der Waals surface area contributed by atoms with E-state index in [0.29, 0.717) is 12.2 Å². The van der Waals surface area contributed by atoms with Gasteiger partial charge in [-0.05, 0) is 19.1 Å². The molecule has 0 atom stereocenters. The smallest absolute Gasteiger partial charge is 0.295 e. The number of halogens is 2. The van der Waals surface area contributed by atoms with Crippen molar-refractivity contribution < 1.29 is 13.7 Å². The van der Waals surface area contributed by atoms with Crippen LogP contribution in [-0.2, 0) is 13.1 Å². The molecule has 2 rings (SSSR count). The summed E-state index contributed by atoms with van der Waals surface area (Å²) in [7, 11) is 0. The zero-order chi connectivity index (χ0) is 14.7. The molecule has 0 saturated heterocycles. The number of hydrogen-bond acceptors (Lipinski definition) is 4. The zero-order valence-electron chi connectivity index (χ0n) is 10.6. The fourth-order valence-electron chi connectivity index (χ4n) is 1.83. The number of aromatic nitrogens is 2. The van der Waals surface area contributed by atoms with Gasteiger partial charge in [0.2, 0.25) is 0 Å². The molecule has 0 bridgehead atoms. The van der Waals surface area contributed by atoms with Crippen LogP contribution in [-0.4, -0.2) is 14.7 Å². The van der Waals surface area contributed by atoms with E-state index in [2.05, 4.69) is 10.4 Å². The SMILES string of the molecule is CCn1nccc1CNc1c([N+](=O)[O-])ccc(F)c1F. The van der Waals surface area contributed by atoms with Gasteiger partial charge < -0.3 is 5.32 Å². The molecule has 0 spiro atoms. The van der Waals surface area contributed by atoms with Gasteiger partial charge in [-0.15, -0.1) is 0 Å². The van der Waals surface area contributed by atoms with Gasteiger partial charge in [-0.25, -0.2) is 8.78 Å². The molecule has 0 aliphatic heterocycles. The van der Waals surface area contributed by atoms with Crippen LogP contribution in [0, 0.1) is 21.7 Å². The Morgan fingerprint density at radius 2 is 2.15 bits per heavy atom. The first-order valence-corrected chi connectivity index (χ1v) is 5.91. The maximum Gasteiger partial charge on any atom is 0.295 e. The summed E-state index contributed by atoms with van der Waals surface area (Å²) in [5, 5.41) is 17.4. The van der Waals surface area contributed by atoms with Crippen molar-refractivity contribution in [1.29, 1.82) is 0 Å². The third-order valence-electron chi connectivity index (χ3n) is 2.82. The van der Waals surface area contributed by atoms with Crippen molar-refractivity contribution in [2.24, 2.45) is 0 Å². The minimum atomic E-state index is -1.26. The van der Waals surface area contributed by atoms with E-state index < -0.39 is 27.9 Å². The molecule has 0 radical (unpaired) electrons. The van der Waals surface area contributed by atoms with Gasteiger partial charge >= 0.3 is 0 Å². The van der Waals surface area contributed by atoms with Crippen LogP contribution in [0.5, 0.6) is 0 Å². The topological polar surface area (TPSA) is 73.0 Å². The highest BCUT2D eigenvalue weighted by molar-refractivity contribution is 5.62. The molecule has 2 aromatic rings. The molecule has 8 heteroatoms. The maximum atomic E-state index is 13.7. The first-order chi connectivity index (χ1) is 9.54. The first-order valence-electron chi connectivity index (χ1n) is 5.91. The molecule has 0 fully saturated rings. The highest BCUT2D eigenvalue weighted by Gasteiger charge is 2.21. The van der Waals surface area contributed by atoms with Gasteiger partial charge in [0, 0.05) is 18.8 Å². The third-order valence-corrected chi connectivity index (χ3v) is 2.82. The Morgan fingerprint density at radius 3 is 2.80 bits per heavy atom. The number of aryl methyl sites for hydroxylation is 1. The number of benzene rings is 1. The molecule has 0 aliphatic carbocycles. The van der Waals surface area contributed by atoms with E-state index in [9.17, 15) is 18.9 Å². The molecular weight excluding hydrogens is 270 g/mol. The molecule has 20 heavy (non-hydrogen) atoms. The number of nitrogens with one attached hydrogen (secondary N) is 1. The Labute approximate surface area is 113 Å². The Hall–Kier alpha value is -2.51. The molecule has 1 heterocycles. The zero-order valence-corrected chi connectivity index (χ0v) is 10.6. The van der Waals surface area contributed by atoms with Crippen LogP contribution < -0.4 is 5.32 Å². The summed E-state index contributed by atoms with van der Waals surface area (Å²) in [6.45, 7) is 2.59. The second-order valence-electron chi connectivity index (χ2n) is 4.00. The molecular formula is C12H12F2N4O2. The summed E-state index contributed by atoms with van der Waals surface area (Å²) in [4.78, 5) is 10.1. The van der Waals surface area contributed by atoms with Gasteiger partial charge in [0.25, 0.3) is 5.69 Å².